The highest BCUT2D eigenvalue weighted by Crippen LogP contribution is 2.24. The molecule has 0 amide bonds. The van der Waals surface area contributed by atoms with Crippen LogP contribution in [-0.2, 0) is 0 Å². The summed E-state index contributed by atoms with van der Waals surface area (Å²) in [7, 11) is 0. The van der Waals surface area contributed by atoms with E-state index in [1.807, 2.05) is 26.8 Å². The molecule has 0 radical (unpaired) electrons. The molecule has 1 heterocycles. The Balaban J connectivity index is 2.32. The average molecular weight is 288 g/mol. The predicted molar refractivity (Wildman–Crippen MR) is 84.7 cm³/mol. The van der Waals surface area contributed by atoms with E-state index in [1.54, 1.807) is 0 Å². The fourth-order valence-electron chi connectivity index (χ4n) is 2.11. The van der Waals surface area contributed by atoms with E-state index in [2.05, 4.69) is 27.5 Å². The van der Waals surface area contributed by atoms with E-state index >= 15 is 0 Å². The minimum atomic E-state index is -0.259. The first-order valence-corrected chi connectivity index (χ1v) is 7.13. The minimum Gasteiger partial charge on any atom is -0.370 e. The van der Waals surface area contributed by atoms with Crippen molar-refractivity contribution in [2.45, 2.75) is 34.1 Å². The zero-order valence-electron chi connectivity index (χ0n) is 12.9. The molecule has 0 saturated carbocycles. The molecule has 0 aliphatic rings. The van der Waals surface area contributed by atoms with E-state index < -0.39 is 0 Å². The number of hydrogen-bond donors (Lipinski definition) is 2. The molecule has 0 unspecified atom stereocenters. The van der Waals surface area contributed by atoms with Crippen molar-refractivity contribution in [3.63, 3.8) is 0 Å². The standard InChI is InChI=1S/C16H21FN4/c1-5-6-18-15-11(3)16(20-12(4)19-15)21-14-8-10(2)7-13(17)9-14/h7-9H,5-6H2,1-4H3,(H2,18,19,20,21). The van der Waals surface area contributed by atoms with Gasteiger partial charge in [0.1, 0.15) is 23.3 Å². The molecule has 0 spiro atoms. The Morgan fingerprint density at radius 2 is 1.76 bits per heavy atom. The maximum atomic E-state index is 13.5. The highest BCUT2D eigenvalue weighted by Gasteiger charge is 2.09. The van der Waals surface area contributed by atoms with Gasteiger partial charge in [-0.3, -0.25) is 0 Å². The lowest BCUT2D eigenvalue weighted by atomic mass is 10.2. The number of halogens is 1. The van der Waals surface area contributed by atoms with Gasteiger partial charge in [-0.05, 0) is 51.0 Å². The van der Waals surface area contributed by atoms with Crippen LogP contribution >= 0.6 is 0 Å². The van der Waals surface area contributed by atoms with Crippen molar-refractivity contribution in [3.8, 4) is 0 Å². The van der Waals surface area contributed by atoms with E-state index in [0.29, 0.717) is 17.3 Å². The van der Waals surface area contributed by atoms with Gasteiger partial charge in [0.2, 0.25) is 0 Å². The van der Waals surface area contributed by atoms with Crippen molar-refractivity contribution in [1.82, 2.24) is 9.97 Å². The molecule has 2 N–H and O–H groups in total. The van der Waals surface area contributed by atoms with Gasteiger partial charge in [-0.15, -0.1) is 0 Å². The molecule has 1 aromatic heterocycles. The molecular formula is C16H21FN4. The zero-order valence-corrected chi connectivity index (χ0v) is 12.9. The molecular weight excluding hydrogens is 267 g/mol. The molecule has 0 atom stereocenters. The summed E-state index contributed by atoms with van der Waals surface area (Å²) in [6.45, 7) is 8.62. The first-order chi connectivity index (χ1) is 9.99. The molecule has 112 valence electrons. The lowest BCUT2D eigenvalue weighted by molar-refractivity contribution is 0.627. The molecule has 2 aromatic rings. The highest BCUT2D eigenvalue weighted by atomic mass is 19.1. The molecule has 0 saturated heterocycles. The number of aromatic nitrogens is 2. The monoisotopic (exact) mass is 288 g/mol. The Labute approximate surface area is 124 Å². The smallest absolute Gasteiger partial charge is 0.139 e. The van der Waals surface area contributed by atoms with Crippen LogP contribution in [0.3, 0.4) is 0 Å². The Kier molecular flexibility index (Phi) is 4.73. The maximum Gasteiger partial charge on any atom is 0.139 e. The summed E-state index contributed by atoms with van der Waals surface area (Å²) >= 11 is 0. The first-order valence-electron chi connectivity index (χ1n) is 7.13. The van der Waals surface area contributed by atoms with Crippen LogP contribution < -0.4 is 10.6 Å². The number of aryl methyl sites for hydroxylation is 2. The molecule has 1 aromatic carbocycles. The Bertz CT molecular complexity index is 620. The molecule has 2 rings (SSSR count). The number of hydrogen-bond acceptors (Lipinski definition) is 4. The van der Waals surface area contributed by atoms with Crippen molar-refractivity contribution in [2.24, 2.45) is 0 Å². The zero-order chi connectivity index (χ0) is 15.4. The Morgan fingerprint density at radius 1 is 1.05 bits per heavy atom. The van der Waals surface area contributed by atoms with Gasteiger partial charge in [0.05, 0.1) is 0 Å². The van der Waals surface area contributed by atoms with Gasteiger partial charge in [-0.1, -0.05) is 6.92 Å². The Morgan fingerprint density at radius 3 is 2.43 bits per heavy atom. The molecule has 4 nitrogen and oxygen atoms in total. The van der Waals surface area contributed by atoms with E-state index in [9.17, 15) is 4.39 Å². The van der Waals surface area contributed by atoms with Crippen LogP contribution in [0.5, 0.6) is 0 Å². The quantitative estimate of drug-likeness (QED) is 0.869. The highest BCUT2D eigenvalue weighted by molar-refractivity contribution is 5.65. The van der Waals surface area contributed by atoms with Gasteiger partial charge in [0, 0.05) is 17.8 Å². The van der Waals surface area contributed by atoms with Gasteiger partial charge in [-0.2, -0.15) is 0 Å². The fourth-order valence-corrected chi connectivity index (χ4v) is 2.11. The van der Waals surface area contributed by atoms with Crippen LogP contribution in [0, 0.1) is 26.6 Å². The first kappa shape index (κ1) is 15.2. The third-order valence-corrected chi connectivity index (χ3v) is 3.10. The second-order valence-electron chi connectivity index (χ2n) is 5.16. The topological polar surface area (TPSA) is 49.8 Å². The summed E-state index contributed by atoms with van der Waals surface area (Å²) in [5, 5.41) is 6.47. The summed E-state index contributed by atoms with van der Waals surface area (Å²) in [4.78, 5) is 8.82. The SMILES string of the molecule is CCCNc1nc(C)nc(Nc2cc(C)cc(F)c2)c1C. The van der Waals surface area contributed by atoms with Crippen LogP contribution in [0.2, 0.25) is 0 Å². The van der Waals surface area contributed by atoms with Crippen molar-refractivity contribution in [1.29, 1.82) is 0 Å². The summed E-state index contributed by atoms with van der Waals surface area (Å²) < 4.78 is 13.5. The second-order valence-corrected chi connectivity index (χ2v) is 5.16. The summed E-state index contributed by atoms with van der Waals surface area (Å²) in [6, 6.07) is 4.85. The largest absolute Gasteiger partial charge is 0.370 e. The van der Waals surface area contributed by atoms with Crippen LogP contribution in [0.25, 0.3) is 0 Å². The minimum absolute atomic E-state index is 0.259. The van der Waals surface area contributed by atoms with E-state index in [4.69, 9.17) is 0 Å². The van der Waals surface area contributed by atoms with Gasteiger partial charge in [-0.25, -0.2) is 14.4 Å². The number of benzene rings is 1. The van der Waals surface area contributed by atoms with Crippen LogP contribution in [0.1, 0.15) is 30.3 Å². The fraction of sp³-hybridized carbons (Fsp3) is 0.375. The normalized spacial score (nSPS) is 10.5. The van der Waals surface area contributed by atoms with Gasteiger partial charge >= 0.3 is 0 Å². The lowest BCUT2D eigenvalue weighted by Gasteiger charge is -2.14. The average Bonchev–Trinajstić information content (AvgIpc) is 2.39. The maximum absolute atomic E-state index is 13.5. The number of nitrogens with one attached hydrogen (secondary N) is 2. The summed E-state index contributed by atoms with van der Waals surface area (Å²) in [5.41, 5.74) is 2.48. The van der Waals surface area contributed by atoms with Crippen LogP contribution in [0.4, 0.5) is 21.7 Å². The Hall–Kier alpha value is -2.17. The van der Waals surface area contributed by atoms with Gasteiger partial charge in [0.15, 0.2) is 0 Å². The van der Waals surface area contributed by atoms with Gasteiger partial charge < -0.3 is 10.6 Å². The van der Waals surface area contributed by atoms with Crippen molar-refractivity contribution in [3.05, 3.63) is 41.0 Å². The van der Waals surface area contributed by atoms with Crippen LogP contribution in [-0.4, -0.2) is 16.5 Å². The molecule has 0 aliphatic carbocycles. The van der Waals surface area contributed by atoms with Crippen molar-refractivity contribution >= 4 is 17.3 Å². The third-order valence-electron chi connectivity index (χ3n) is 3.10. The summed E-state index contributed by atoms with van der Waals surface area (Å²) in [6.07, 6.45) is 1.02. The molecule has 0 aliphatic heterocycles. The second kappa shape index (κ2) is 6.52. The van der Waals surface area contributed by atoms with Crippen molar-refractivity contribution in [2.75, 3.05) is 17.2 Å². The van der Waals surface area contributed by atoms with Crippen molar-refractivity contribution < 1.29 is 4.39 Å². The number of rotatable bonds is 5. The van der Waals surface area contributed by atoms with Gasteiger partial charge in [0.25, 0.3) is 0 Å². The molecule has 0 fully saturated rings. The molecule has 21 heavy (non-hydrogen) atoms. The molecule has 5 heteroatoms. The van der Waals surface area contributed by atoms with E-state index in [-0.39, 0.29) is 5.82 Å². The number of nitrogens with zero attached hydrogens (tertiary/aromatic N) is 2. The molecule has 0 bridgehead atoms. The van der Waals surface area contributed by atoms with Crippen LogP contribution in [0.15, 0.2) is 18.2 Å². The van der Waals surface area contributed by atoms with E-state index in [1.165, 1.54) is 12.1 Å². The van der Waals surface area contributed by atoms with E-state index in [0.717, 1.165) is 29.9 Å². The summed E-state index contributed by atoms with van der Waals surface area (Å²) in [5.74, 6) is 1.94. The lowest BCUT2D eigenvalue weighted by Crippen LogP contribution is -2.09. The number of anilines is 3. The third kappa shape index (κ3) is 3.90. The predicted octanol–water partition coefficient (Wildman–Crippen LogP) is 4.11.